The van der Waals surface area contributed by atoms with Crippen molar-refractivity contribution in [3.8, 4) is 6.07 Å². The molecule has 0 saturated carbocycles. The summed E-state index contributed by atoms with van der Waals surface area (Å²) in [6.45, 7) is 1.22. The number of nitrogens with one attached hydrogen (secondary N) is 1. The Balaban J connectivity index is 1.51. The van der Waals surface area contributed by atoms with Crippen LogP contribution in [0, 0.1) is 11.3 Å². The van der Waals surface area contributed by atoms with E-state index in [2.05, 4.69) is 16.4 Å². The second kappa shape index (κ2) is 8.88. The standard InChI is InChI=1S/C18H18N4O3S2/c19-9-12-2-1-3-13(8-12)20-10-14-4-5-16(23)22(14)6-7-26-18-21-15(11-27-18)17(24)25/h1-3,8,11,14,20H,4-7,10H2,(H,24,25). The third-order valence-electron chi connectivity index (χ3n) is 4.25. The highest BCUT2D eigenvalue weighted by Gasteiger charge is 2.30. The third kappa shape index (κ3) is 4.99. The highest BCUT2D eigenvalue weighted by molar-refractivity contribution is 8.01. The maximum absolute atomic E-state index is 12.2. The molecule has 1 aromatic heterocycles. The van der Waals surface area contributed by atoms with Crippen LogP contribution in [-0.2, 0) is 4.79 Å². The van der Waals surface area contributed by atoms with Gasteiger partial charge in [0.25, 0.3) is 0 Å². The summed E-state index contributed by atoms with van der Waals surface area (Å²) in [5, 5.41) is 22.7. The van der Waals surface area contributed by atoms with E-state index in [0.29, 0.717) is 35.2 Å². The molecule has 9 heteroatoms. The Morgan fingerprint density at radius 2 is 2.37 bits per heavy atom. The Bertz CT molecular complexity index is 877. The van der Waals surface area contributed by atoms with Crippen LogP contribution in [0.4, 0.5) is 5.69 Å². The molecule has 1 amide bonds. The molecule has 1 aromatic carbocycles. The number of aromatic carboxylic acids is 1. The lowest BCUT2D eigenvalue weighted by molar-refractivity contribution is -0.128. The number of hydrogen-bond acceptors (Lipinski definition) is 7. The van der Waals surface area contributed by atoms with Crippen molar-refractivity contribution in [3.05, 3.63) is 40.9 Å². The number of rotatable bonds is 8. The largest absolute Gasteiger partial charge is 0.476 e. The number of nitrogens with zero attached hydrogens (tertiary/aromatic N) is 3. The van der Waals surface area contributed by atoms with Crippen molar-refractivity contribution in [2.24, 2.45) is 0 Å². The fourth-order valence-corrected chi connectivity index (χ4v) is 4.71. The van der Waals surface area contributed by atoms with Gasteiger partial charge in [-0.3, -0.25) is 4.79 Å². The van der Waals surface area contributed by atoms with Crippen molar-refractivity contribution < 1.29 is 14.7 Å². The lowest BCUT2D eigenvalue weighted by Crippen LogP contribution is -2.39. The van der Waals surface area contributed by atoms with Gasteiger partial charge in [0, 0.05) is 42.4 Å². The zero-order chi connectivity index (χ0) is 19.2. The molecule has 0 aliphatic carbocycles. The maximum atomic E-state index is 12.2. The smallest absolute Gasteiger partial charge is 0.355 e. The summed E-state index contributed by atoms with van der Waals surface area (Å²) in [7, 11) is 0. The SMILES string of the molecule is N#Cc1cccc(NCC2CCC(=O)N2CCSc2nc(C(=O)O)cs2)c1. The molecule has 3 rings (SSSR count). The van der Waals surface area contributed by atoms with Crippen molar-refractivity contribution in [1.82, 2.24) is 9.88 Å². The number of carboxylic acid groups (broad SMARTS) is 1. The van der Waals surface area contributed by atoms with E-state index < -0.39 is 5.97 Å². The van der Waals surface area contributed by atoms with Gasteiger partial charge in [-0.15, -0.1) is 11.3 Å². The van der Waals surface area contributed by atoms with Gasteiger partial charge in [0.15, 0.2) is 10.0 Å². The van der Waals surface area contributed by atoms with E-state index in [1.54, 1.807) is 12.1 Å². The molecule has 1 aliphatic heterocycles. The molecular formula is C18H18N4O3S2. The summed E-state index contributed by atoms with van der Waals surface area (Å²) >= 11 is 2.76. The van der Waals surface area contributed by atoms with Crippen molar-refractivity contribution in [3.63, 3.8) is 0 Å². The molecule has 1 atom stereocenters. The van der Waals surface area contributed by atoms with Crippen LogP contribution in [0.5, 0.6) is 0 Å². The van der Waals surface area contributed by atoms with Crippen molar-refractivity contribution in [2.75, 3.05) is 24.2 Å². The van der Waals surface area contributed by atoms with E-state index in [0.717, 1.165) is 12.1 Å². The van der Waals surface area contributed by atoms with Crippen LogP contribution >= 0.6 is 23.1 Å². The van der Waals surface area contributed by atoms with Crippen LogP contribution in [0.2, 0.25) is 0 Å². The average Bonchev–Trinajstić information content (AvgIpc) is 3.28. The van der Waals surface area contributed by atoms with E-state index in [4.69, 9.17) is 10.4 Å². The number of anilines is 1. The number of carboxylic acids is 1. The van der Waals surface area contributed by atoms with Crippen LogP contribution in [0.3, 0.4) is 0 Å². The number of benzene rings is 1. The van der Waals surface area contributed by atoms with Crippen molar-refractivity contribution in [1.29, 1.82) is 5.26 Å². The molecule has 7 nitrogen and oxygen atoms in total. The Hall–Kier alpha value is -2.57. The van der Waals surface area contributed by atoms with Gasteiger partial charge in [0.05, 0.1) is 11.6 Å². The highest BCUT2D eigenvalue weighted by Crippen LogP contribution is 2.25. The number of amides is 1. The molecular weight excluding hydrogens is 384 g/mol. The van der Waals surface area contributed by atoms with Crippen molar-refractivity contribution in [2.45, 2.75) is 23.2 Å². The predicted octanol–water partition coefficient (Wildman–Crippen LogP) is 2.91. The first kappa shape index (κ1) is 19.2. The summed E-state index contributed by atoms with van der Waals surface area (Å²) in [4.78, 5) is 29.0. The fraction of sp³-hybridized carbons (Fsp3) is 0.333. The Morgan fingerprint density at radius 1 is 1.52 bits per heavy atom. The number of thioether (sulfide) groups is 1. The molecule has 1 aliphatic rings. The first-order valence-corrected chi connectivity index (χ1v) is 10.3. The molecule has 2 N–H and O–H groups in total. The van der Waals surface area contributed by atoms with Crippen LogP contribution < -0.4 is 5.32 Å². The quantitative estimate of drug-likeness (QED) is 0.654. The molecule has 1 fully saturated rings. The Morgan fingerprint density at radius 3 is 3.11 bits per heavy atom. The summed E-state index contributed by atoms with van der Waals surface area (Å²) in [6, 6.07) is 9.49. The molecule has 0 radical (unpaired) electrons. The molecule has 1 unspecified atom stereocenters. The van der Waals surface area contributed by atoms with E-state index in [1.165, 1.54) is 28.5 Å². The summed E-state index contributed by atoms with van der Waals surface area (Å²) in [6.07, 6.45) is 1.34. The predicted molar refractivity (Wildman–Crippen MR) is 104 cm³/mol. The topological polar surface area (TPSA) is 106 Å². The van der Waals surface area contributed by atoms with Crippen LogP contribution in [0.1, 0.15) is 28.9 Å². The first-order valence-electron chi connectivity index (χ1n) is 8.42. The molecule has 140 valence electrons. The van der Waals surface area contributed by atoms with Gasteiger partial charge in [-0.1, -0.05) is 17.8 Å². The second-order valence-electron chi connectivity index (χ2n) is 6.01. The average molecular weight is 403 g/mol. The van der Waals surface area contributed by atoms with Gasteiger partial charge in [-0.25, -0.2) is 9.78 Å². The number of carbonyl (C=O) groups excluding carboxylic acids is 1. The fourth-order valence-electron chi connectivity index (χ4n) is 2.90. The Labute approximate surface area is 165 Å². The molecule has 2 heterocycles. The number of thiazole rings is 1. The van der Waals surface area contributed by atoms with E-state index >= 15 is 0 Å². The normalized spacial score (nSPS) is 16.3. The maximum Gasteiger partial charge on any atom is 0.355 e. The number of nitriles is 1. The van der Waals surface area contributed by atoms with Crippen LogP contribution in [0.25, 0.3) is 0 Å². The van der Waals surface area contributed by atoms with E-state index in [1.807, 2.05) is 17.0 Å². The van der Waals surface area contributed by atoms with Gasteiger partial charge in [0.1, 0.15) is 0 Å². The monoisotopic (exact) mass is 402 g/mol. The first-order chi connectivity index (χ1) is 13.1. The number of likely N-dealkylation sites (tertiary alicyclic amines) is 1. The number of carbonyl (C=O) groups is 2. The second-order valence-corrected chi connectivity index (χ2v) is 8.21. The molecule has 0 bridgehead atoms. The van der Waals surface area contributed by atoms with Gasteiger partial charge in [-0.05, 0) is 24.6 Å². The van der Waals surface area contributed by atoms with Gasteiger partial charge in [-0.2, -0.15) is 5.26 Å². The van der Waals surface area contributed by atoms with Crippen LogP contribution in [0.15, 0.2) is 34.0 Å². The number of hydrogen-bond donors (Lipinski definition) is 2. The van der Waals surface area contributed by atoms with Crippen molar-refractivity contribution >= 4 is 40.7 Å². The zero-order valence-electron chi connectivity index (χ0n) is 14.4. The third-order valence-corrected chi connectivity index (χ3v) is 6.25. The summed E-state index contributed by atoms with van der Waals surface area (Å²) in [5.74, 6) is -0.225. The summed E-state index contributed by atoms with van der Waals surface area (Å²) in [5.41, 5.74) is 1.52. The van der Waals surface area contributed by atoms with Gasteiger partial charge >= 0.3 is 5.97 Å². The molecule has 2 aromatic rings. The molecule has 0 spiro atoms. The Kier molecular flexibility index (Phi) is 6.32. The minimum absolute atomic E-state index is 0.0569. The lowest BCUT2D eigenvalue weighted by atomic mass is 10.2. The van der Waals surface area contributed by atoms with E-state index in [9.17, 15) is 9.59 Å². The zero-order valence-corrected chi connectivity index (χ0v) is 16.1. The summed E-state index contributed by atoms with van der Waals surface area (Å²) < 4.78 is 0.696. The van der Waals surface area contributed by atoms with Gasteiger partial charge in [0.2, 0.25) is 5.91 Å². The molecule has 27 heavy (non-hydrogen) atoms. The minimum Gasteiger partial charge on any atom is -0.476 e. The van der Waals surface area contributed by atoms with Crippen LogP contribution in [-0.4, -0.2) is 51.8 Å². The lowest BCUT2D eigenvalue weighted by Gasteiger charge is -2.25. The number of aromatic nitrogens is 1. The highest BCUT2D eigenvalue weighted by atomic mass is 32.2. The minimum atomic E-state index is -1.03. The molecule has 1 saturated heterocycles. The van der Waals surface area contributed by atoms with E-state index in [-0.39, 0.29) is 17.6 Å². The van der Waals surface area contributed by atoms with Gasteiger partial charge < -0.3 is 15.3 Å².